The van der Waals surface area contributed by atoms with Gasteiger partial charge in [-0.2, -0.15) is 0 Å². The van der Waals surface area contributed by atoms with Crippen LogP contribution in [0.15, 0.2) is 36.9 Å². The van der Waals surface area contributed by atoms with Crippen LogP contribution in [0.1, 0.15) is 20.7 Å². The molecule has 0 atom stereocenters. The topological polar surface area (TPSA) is 100 Å². The molecule has 0 fully saturated rings. The van der Waals surface area contributed by atoms with Crippen LogP contribution in [0, 0.1) is 0 Å². The average Bonchev–Trinajstić information content (AvgIpc) is 2.39. The first-order valence-electron chi connectivity index (χ1n) is 4.95. The lowest BCUT2D eigenvalue weighted by molar-refractivity contribution is 0.0696. The number of carbonyl (C=O) groups is 2. The van der Waals surface area contributed by atoms with Gasteiger partial charge in [-0.3, -0.25) is 0 Å². The highest BCUT2D eigenvalue weighted by Gasteiger charge is 2.15. The molecule has 0 amide bonds. The maximum absolute atomic E-state index is 11.1. The van der Waals surface area contributed by atoms with Crippen molar-refractivity contribution in [3.05, 3.63) is 48.0 Å². The van der Waals surface area contributed by atoms with Crippen LogP contribution in [0.25, 0.3) is 11.1 Å². The average molecular weight is 244 g/mol. The summed E-state index contributed by atoms with van der Waals surface area (Å²) >= 11 is 0. The molecule has 90 valence electrons. The number of benzene rings is 1. The van der Waals surface area contributed by atoms with E-state index in [1.165, 1.54) is 30.9 Å². The molecule has 2 rings (SSSR count). The highest BCUT2D eigenvalue weighted by atomic mass is 16.4. The van der Waals surface area contributed by atoms with Crippen LogP contribution in [0.3, 0.4) is 0 Å². The lowest BCUT2D eigenvalue weighted by Gasteiger charge is -2.06. The van der Waals surface area contributed by atoms with Crippen LogP contribution in [0.2, 0.25) is 0 Å². The molecule has 0 radical (unpaired) electrons. The van der Waals surface area contributed by atoms with Gasteiger partial charge in [0, 0.05) is 18.0 Å². The third-order valence-corrected chi connectivity index (χ3v) is 2.37. The normalized spacial score (nSPS) is 10.0. The molecule has 0 unspecified atom stereocenters. The molecular formula is C12H8N2O4. The molecule has 0 spiro atoms. The van der Waals surface area contributed by atoms with Crippen molar-refractivity contribution < 1.29 is 19.8 Å². The van der Waals surface area contributed by atoms with Gasteiger partial charge in [-0.25, -0.2) is 19.6 Å². The zero-order valence-electron chi connectivity index (χ0n) is 9.07. The fourth-order valence-electron chi connectivity index (χ4n) is 1.54. The Morgan fingerprint density at radius 1 is 1.00 bits per heavy atom. The predicted molar refractivity (Wildman–Crippen MR) is 61.4 cm³/mol. The Bertz CT molecular complexity index is 611. The molecule has 2 aromatic rings. The molecule has 1 heterocycles. The number of aromatic nitrogens is 2. The fourth-order valence-corrected chi connectivity index (χ4v) is 1.54. The van der Waals surface area contributed by atoms with Crippen LogP contribution in [-0.4, -0.2) is 32.1 Å². The van der Waals surface area contributed by atoms with E-state index in [-0.39, 0.29) is 11.1 Å². The van der Waals surface area contributed by atoms with Crippen molar-refractivity contribution in [2.24, 2.45) is 0 Å². The molecule has 1 aromatic heterocycles. The van der Waals surface area contributed by atoms with Gasteiger partial charge in [0.15, 0.2) is 0 Å². The van der Waals surface area contributed by atoms with E-state index in [1.54, 1.807) is 0 Å². The third kappa shape index (κ3) is 2.17. The lowest BCUT2D eigenvalue weighted by atomic mass is 9.99. The molecule has 0 bridgehead atoms. The van der Waals surface area contributed by atoms with Crippen molar-refractivity contribution in [1.82, 2.24) is 9.97 Å². The molecule has 0 saturated heterocycles. The van der Waals surface area contributed by atoms with E-state index < -0.39 is 11.9 Å². The maximum Gasteiger partial charge on any atom is 0.336 e. The lowest BCUT2D eigenvalue weighted by Crippen LogP contribution is -2.04. The number of nitrogens with zero attached hydrogens (tertiary/aromatic N) is 2. The summed E-state index contributed by atoms with van der Waals surface area (Å²) in [5.41, 5.74) is 0.734. The Balaban J connectivity index is 2.61. The molecule has 0 aliphatic rings. The molecule has 0 saturated carbocycles. The highest BCUT2D eigenvalue weighted by Crippen LogP contribution is 2.23. The van der Waals surface area contributed by atoms with Gasteiger partial charge in [0.05, 0.1) is 11.1 Å². The number of carboxylic acid groups (broad SMARTS) is 2. The van der Waals surface area contributed by atoms with E-state index in [0.717, 1.165) is 6.07 Å². The van der Waals surface area contributed by atoms with Gasteiger partial charge in [0.1, 0.15) is 6.33 Å². The monoisotopic (exact) mass is 244 g/mol. The Kier molecular flexibility index (Phi) is 3.01. The molecule has 0 aliphatic carbocycles. The molecule has 6 nitrogen and oxygen atoms in total. The Morgan fingerprint density at radius 3 is 2.22 bits per heavy atom. The van der Waals surface area contributed by atoms with Crippen LogP contribution >= 0.6 is 0 Å². The van der Waals surface area contributed by atoms with E-state index in [0.29, 0.717) is 11.1 Å². The van der Waals surface area contributed by atoms with Gasteiger partial charge in [-0.1, -0.05) is 6.07 Å². The number of rotatable bonds is 3. The molecule has 0 aliphatic heterocycles. The minimum absolute atomic E-state index is 0.0759. The Labute approximate surface area is 102 Å². The maximum atomic E-state index is 11.1. The van der Waals surface area contributed by atoms with Gasteiger partial charge >= 0.3 is 11.9 Å². The van der Waals surface area contributed by atoms with Gasteiger partial charge in [-0.05, 0) is 17.7 Å². The van der Waals surface area contributed by atoms with Crippen LogP contribution in [-0.2, 0) is 0 Å². The number of hydrogen-bond donors (Lipinski definition) is 2. The first-order valence-corrected chi connectivity index (χ1v) is 4.95. The quantitative estimate of drug-likeness (QED) is 0.849. The summed E-state index contributed by atoms with van der Waals surface area (Å²) in [5.74, 6) is -2.37. The van der Waals surface area contributed by atoms with E-state index in [9.17, 15) is 9.59 Å². The summed E-state index contributed by atoms with van der Waals surface area (Å²) in [4.78, 5) is 29.5. The summed E-state index contributed by atoms with van der Waals surface area (Å²) < 4.78 is 0. The molecule has 1 aromatic carbocycles. The highest BCUT2D eigenvalue weighted by molar-refractivity contribution is 5.99. The fraction of sp³-hybridized carbons (Fsp3) is 0. The summed E-state index contributed by atoms with van der Waals surface area (Å²) in [6.07, 6.45) is 4.26. The van der Waals surface area contributed by atoms with Crippen molar-refractivity contribution in [3.63, 3.8) is 0 Å². The Morgan fingerprint density at radius 2 is 1.67 bits per heavy atom. The molecule has 2 N–H and O–H groups in total. The Hall–Kier alpha value is -2.76. The van der Waals surface area contributed by atoms with Crippen LogP contribution in [0.4, 0.5) is 0 Å². The first kappa shape index (κ1) is 11.7. The third-order valence-electron chi connectivity index (χ3n) is 2.37. The first-order chi connectivity index (χ1) is 8.59. The second-order valence-corrected chi connectivity index (χ2v) is 3.50. The van der Waals surface area contributed by atoms with Crippen LogP contribution < -0.4 is 0 Å². The number of hydrogen-bond acceptors (Lipinski definition) is 4. The van der Waals surface area contributed by atoms with Gasteiger partial charge in [0.25, 0.3) is 0 Å². The summed E-state index contributed by atoms with van der Waals surface area (Å²) in [5, 5.41) is 17.9. The summed E-state index contributed by atoms with van der Waals surface area (Å²) in [7, 11) is 0. The largest absolute Gasteiger partial charge is 0.478 e. The van der Waals surface area contributed by atoms with Crippen molar-refractivity contribution in [2.45, 2.75) is 0 Å². The van der Waals surface area contributed by atoms with E-state index in [2.05, 4.69) is 9.97 Å². The number of aromatic carboxylic acids is 2. The van der Waals surface area contributed by atoms with Gasteiger partial charge in [0.2, 0.25) is 0 Å². The van der Waals surface area contributed by atoms with Crippen LogP contribution in [0.5, 0.6) is 0 Å². The van der Waals surface area contributed by atoms with Crippen molar-refractivity contribution in [1.29, 1.82) is 0 Å². The standard InChI is InChI=1S/C12H8N2O4/c15-11(16)7-1-2-9(10(3-7)12(17)18)8-4-13-6-14-5-8/h1-6H,(H,15,16)(H,17,18). The van der Waals surface area contributed by atoms with Crippen molar-refractivity contribution in [3.8, 4) is 11.1 Å². The second-order valence-electron chi connectivity index (χ2n) is 3.50. The zero-order valence-corrected chi connectivity index (χ0v) is 9.07. The second kappa shape index (κ2) is 4.62. The molecule has 18 heavy (non-hydrogen) atoms. The zero-order chi connectivity index (χ0) is 13.1. The number of carboxylic acids is 2. The SMILES string of the molecule is O=C(O)c1ccc(-c2cncnc2)c(C(=O)O)c1. The minimum atomic E-state index is -1.20. The summed E-state index contributed by atoms with van der Waals surface area (Å²) in [6.45, 7) is 0. The predicted octanol–water partition coefficient (Wildman–Crippen LogP) is 1.54. The smallest absolute Gasteiger partial charge is 0.336 e. The van der Waals surface area contributed by atoms with Gasteiger partial charge in [-0.15, -0.1) is 0 Å². The minimum Gasteiger partial charge on any atom is -0.478 e. The van der Waals surface area contributed by atoms with E-state index >= 15 is 0 Å². The van der Waals surface area contributed by atoms with Gasteiger partial charge < -0.3 is 10.2 Å². The summed E-state index contributed by atoms with van der Waals surface area (Å²) in [6, 6.07) is 3.90. The van der Waals surface area contributed by atoms with E-state index in [1.807, 2.05) is 0 Å². The molecule has 6 heteroatoms. The molecular weight excluding hydrogens is 236 g/mol. The van der Waals surface area contributed by atoms with Crippen molar-refractivity contribution in [2.75, 3.05) is 0 Å². The van der Waals surface area contributed by atoms with E-state index in [4.69, 9.17) is 10.2 Å². The van der Waals surface area contributed by atoms with Crippen molar-refractivity contribution >= 4 is 11.9 Å².